The number of ether oxygens (including phenoxy) is 2. The number of hydrogen-bond acceptors (Lipinski definition) is 7. The summed E-state index contributed by atoms with van der Waals surface area (Å²) in [5, 5.41) is 0. The number of methoxy groups -OCH3 is 1. The van der Waals surface area contributed by atoms with Crippen molar-refractivity contribution >= 4 is 45.8 Å². The van der Waals surface area contributed by atoms with E-state index in [1.54, 1.807) is 12.0 Å². The minimum atomic E-state index is -0.802. The van der Waals surface area contributed by atoms with Crippen LogP contribution >= 0.6 is 24.0 Å². The molecule has 0 N–H and O–H groups in total. The second kappa shape index (κ2) is 9.71. The van der Waals surface area contributed by atoms with E-state index >= 15 is 0 Å². The Morgan fingerprint density at radius 1 is 1.24 bits per heavy atom. The molecule has 0 unspecified atom stereocenters. The first-order valence-electron chi connectivity index (χ1n) is 9.77. The minimum absolute atomic E-state index is 0.0785. The molecular formula is C21H25NO5S2. The molecule has 0 radical (unpaired) electrons. The van der Waals surface area contributed by atoms with Crippen LogP contribution in [0.2, 0.25) is 0 Å². The monoisotopic (exact) mass is 435 g/mol. The Labute approximate surface area is 180 Å². The Bertz CT molecular complexity index is 809. The van der Waals surface area contributed by atoms with E-state index in [2.05, 4.69) is 0 Å². The predicted molar refractivity (Wildman–Crippen MR) is 115 cm³/mol. The molecule has 156 valence electrons. The van der Waals surface area contributed by atoms with Crippen molar-refractivity contribution in [2.45, 2.75) is 38.6 Å². The van der Waals surface area contributed by atoms with E-state index in [1.807, 2.05) is 25.1 Å². The van der Waals surface area contributed by atoms with Crippen molar-refractivity contribution in [2.75, 3.05) is 26.0 Å². The molecule has 0 aromatic heterocycles. The highest BCUT2D eigenvalue weighted by molar-refractivity contribution is 8.23. The molecule has 1 aliphatic heterocycles. The van der Waals surface area contributed by atoms with Crippen LogP contribution in [-0.4, -0.2) is 52.8 Å². The molecule has 1 heterocycles. The standard InChI is InChI=1S/C21H25NO5S2/c1-3-27-21(28)29-12-18(25)22-10-9-13-11-14(26-2)7-8-15(13)20(22)19-16(23)5-4-6-17(19)24/h7-8,11,19-20H,3-6,9-10,12H2,1-2H3/t20-/m0/s1. The van der Waals surface area contributed by atoms with Crippen molar-refractivity contribution in [3.8, 4) is 5.75 Å². The van der Waals surface area contributed by atoms with Gasteiger partial charge in [-0.15, -0.1) is 0 Å². The molecule has 0 bridgehead atoms. The summed E-state index contributed by atoms with van der Waals surface area (Å²) in [6.07, 6.45) is 1.99. The third-order valence-corrected chi connectivity index (χ3v) is 6.59. The highest BCUT2D eigenvalue weighted by Gasteiger charge is 2.44. The number of carbonyl (C=O) groups excluding carboxylic acids is 3. The number of fused-ring (bicyclic) bond motifs is 1. The maximum atomic E-state index is 13.0. The highest BCUT2D eigenvalue weighted by Crippen LogP contribution is 2.40. The van der Waals surface area contributed by atoms with Crippen LogP contribution in [0.1, 0.15) is 43.4 Å². The first kappa shape index (κ1) is 21.8. The number of thioether (sulfide) groups is 1. The second-order valence-electron chi connectivity index (χ2n) is 7.08. The maximum absolute atomic E-state index is 13.0. The second-order valence-corrected chi connectivity index (χ2v) is 8.66. The van der Waals surface area contributed by atoms with Crippen LogP contribution in [0.3, 0.4) is 0 Å². The highest BCUT2D eigenvalue weighted by atomic mass is 32.2. The third kappa shape index (κ3) is 4.80. The van der Waals surface area contributed by atoms with Crippen molar-refractivity contribution in [2.24, 2.45) is 5.92 Å². The SMILES string of the molecule is CCOC(=S)SCC(=O)N1CCc2cc(OC)ccc2[C@H]1C1C(=O)CCCC1=O. The lowest BCUT2D eigenvalue weighted by Crippen LogP contribution is -2.49. The fourth-order valence-corrected chi connectivity index (χ4v) is 4.95. The normalized spacial score (nSPS) is 19.7. The summed E-state index contributed by atoms with van der Waals surface area (Å²) in [6, 6.07) is 5.06. The van der Waals surface area contributed by atoms with Crippen molar-refractivity contribution in [3.63, 3.8) is 0 Å². The molecule has 1 amide bonds. The number of Topliss-reactive ketones (excluding diaryl/α,β-unsaturated/α-hetero) is 2. The van der Waals surface area contributed by atoms with E-state index in [1.165, 1.54) is 11.8 Å². The lowest BCUT2D eigenvalue weighted by molar-refractivity contribution is -0.142. The van der Waals surface area contributed by atoms with E-state index in [0.717, 1.165) is 16.9 Å². The number of rotatable bonds is 5. The summed E-state index contributed by atoms with van der Waals surface area (Å²) < 4.78 is 10.9. The van der Waals surface area contributed by atoms with Gasteiger partial charge in [0.25, 0.3) is 0 Å². The molecule has 1 fully saturated rings. The van der Waals surface area contributed by atoms with E-state index in [9.17, 15) is 14.4 Å². The number of amides is 1. The first-order valence-corrected chi connectivity index (χ1v) is 11.2. The van der Waals surface area contributed by atoms with E-state index in [0.29, 0.717) is 43.2 Å². The Balaban J connectivity index is 1.92. The molecule has 1 aromatic rings. The van der Waals surface area contributed by atoms with Crippen LogP contribution in [-0.2, 0) is 25.5 Å². The van der Waals surface area contributed by atoms with Crippen LogP contribution < -0.4 is 4.74 Å². The van der Waals surface area contributed by atoms with Crippen LogP contribution in [0, 0.1) is 5.92 Å². The minimum Gasteiger partial charge on any atom is -0.497 e. The fourth-order valence-electron chi connectivity index (χ4n) is 4.04. The summed E-state index contributed by atoms with van der Waals surface area (Å²) >= 11 is 6.27. The van der Waals surface area contributed by atoms with Gasteiger partial charge in [0.2, 0.25) is 10.3 Å². The molecule has 1 saturated carbocycles. The Kier molecular flexibility index (Phi) is 7.29. The topological polar surface area (TPSA) is 72.9 Å². The van der Waals surface area contributed by atoms with Gasteiger partial charge in [-0.2, -0.15) is 0 Å². The van der Waals surface area contributed by atoms with Gasteiger partial charge in [-0.1, -0.05) is 17.8 Å². The van der Waals surface area contributed by atoms with Crippen molar-refractivity contribution in [1.82, 2.24) is 4.90 Å². The van der Waals surface area contributed by atoms with Crippen molar-refractivity contribution in [3.05, 3.63) is 29.3 Å². The summed E-state index contributed by atoms with van der Waals surface area (Å²) in [5.41, 5.74) is 1.87. The maximum Gasteiger partial charge on any atom is 0.233 e. The van der Waals surface area contributed by atoms with Gasteiger partial charge >= 0.3 is 0 Å². The average Bonchev–Trinajstić information content (AvgIpc) is 2.71. The number of ketones is 2. The Hall–Kier alpha value is -1.93. The fraction of sp³-hybridized carbons (Fsp3) is 0.524. The smallest absolute Gasteiger partial charge is 0.233 e. The molecular weight excluding hydrogens is 410 g/mol. The lowest BCUT2D eigenvalue weighted by Gasteiger charge is -2.41. The quantitative estimate of drug-likeness (QED) is 0.520. The zero-order valence-electron chi connectivity index (χ0n) is 16.6. The molecule has 8 heteroatoms. The molecule has 1 atom stereocenters. The molecule has 0 spiro atoms. The molecule has 1 aromatic carbocycles. The van der Waals surface area contributed by atoms with Crippen LogP contribution in [0.4, 0.5) is 0 Å². The number of nitrogens with zero attached hydrogens (tertiary/aromatic N) is 1. The van der Waals surface area contributed by atoms with Gasteiger partial charge in [-0.05, 0) is 55.2 Å². The van der Waals surface area contributed by atoms with Gasteiger partial charge in [-0.25, -0.2) is 0 Å². The molecule has 29 heavy (non-hydrogen) atoms. The zero-order chi connectivity index (χ0) is 21.0. The zero-order valence-corrected chi connectivity index (χ0v) is 18.3. The van der Waals surface area contributed by atoms with Gasteiger partial charge in [-0.3, -0.25) is 14.4 Å². The van der Waals surface area contributed by atoms with E-state index < -0.39 is 12.0 Å². The van der Waals surface area contributed by atoms with Crippen molar-refractivity contribution < 1.29 is 23.9 Å². The molecule has 2 aliphatic rings. The molecule has 3 rings (SSSR count). The Morgan fingerprint density at radius 3 is 2.62 bits per heavy atom. The average molecular weight is 436 g/mol. The summed E-state index contributed by atoms with van der Waals surface area (Å²) in [5.74, 6) is -0.258. The molecule has 1 aliphatic carbocycles. The number of benzene rings is 1. The predicted octanol–water partition coefficient (Wildman–Crippen LogP) is 3.11. The Morgan fingerprint density at radius 2 is 1.97 bits per heavy atom. The number of hydrogen-bond donors (Lipinski definition) is 0. The van der Waals surface area contributed by atoms with Crippen LogP contribution in [0.5, 0.6) is 5.75 Å². The van der Waals surface area contributed by atoms with Gasteiger partial charge in [0.1, 0.15) is 23.2 Å². The van der Waals surface area contributed by atoms with Crippen LogP contribution in [0.15, 0.2) is 18.2 Å². The summed E-state index contributed by atoms with van der Waals surface area (Å²) in [4.78, 5) is 40.2. The van der Waals surface area contributed by atoms with E-state index in [-0.39, 0.29) is 23.2 Å². The van der Waals surface area contributed by atoms with E-state index in [4.69, 9.17) is 21.7 Å². The number of carbonyl (C=O) groups is 3. The summed E-state index contributed by atoms with van der Waals surface area (Å²) in [7, 11) is 1.60. The summed E-state index contributed by atoms with van der Waals surface area (Å²) in [6.45, 7) is 2.73. The van der Waals surface area contributed by atoms with Gasteiger partial charge in [0.15, 0.2) is 0 Å². The van der Waals surface area contributed by atoms with Gasteiger partial charge in [0, 0.05) is 19.4 Å². The van der Waals surface area contributed by atoms with Crippen molar-refractivity contribution in [1.29, 1.82) is 0 Å². The third-order valence-electron chi connectivity index (χ3n) is 5.38. The molecule has 6 nitrogen and oxygen atoms in total. The van der Waals surface area contributed by atoms with Gasteiger partial charge < -0.3 is 14.4 Å². The lowest BCUT2D eigenvalue weighted by atomic mass is 9.75. The largest absolute Gasteiger partial charge is 0.497 e. The first-order chi connectivity index (χ1) is 14.0. The molecule has 0 saturated heterocycles. The van der Waals surface area contributed by atoms with Crippen LogP contribution in [0.25, 0.3) is 0 Å². The number of thiocarbonyl (C=S) groups is 1. The van der Waals surface area contributed by atoms with Gasteiger partial charge in [0.05, 0.1) is 25.5 Å².